The lowest BCUT2D eigenvalue weighted by Gasteiger charge is -2.36. The van der Waals surface area contributed by atoms with Gasteiger partial charge in [0.1, 0.15) is 6.10 Å². The van der Waals surface area contributed by atoms with Gasteiger partial charge in [0, 0.05) is 34.6 Å². The second-order valence-electron chi connectivity index (χ2n) is 8.27. The Balaban J connectivity index is 2.27. The van der Waals surface area contributed by atoms with Crippen LogP contribution in [0.25, 0.3) is 0 Å². The Labute approximate surface area is 152 Å². The highest BCUT2D eigenvalue weighted by Gasteiger charge is 2.66. The van der Waals surface area contributed by atoms with Gasteiger partial charge < -0.3 is 23.7 Å². The maximum Gasteiger partial charge on any atom is 0.346 e. The quantitative estimate of drug-likeness (QED) is 0.369. The number of methoxy groups -OCH3 is 2. The maximum atomic E-state index is 12.8. The highest BCUT2D eigenvalue weighted by Crippen LogP contribution is 2.49. The first-order chi connectivity index (χ1) is 11.7. The van der Waals surface area contributed by atoms with Crippen LogP contribution in [-0.2, 0) is 28.5 Å². The lowest BCUT2D eigenvalue weighted by molar-refractivity contribution is -0.263. The van der Waals surface area contributed by atoms with Gasteiger partial charge in [0.2, 0.25) is 5.60 Å². The lowest BCUT2D eigenvalue weighted by atomic mass is 9.93. The molecule has 1 heterocycles. The molecule has 0 aromatic heterocycles. The average Bonchev–Trinajstić information content (AvgIpc) is 3.15. The van der Waals surface area contributed by atoms with Crippen LogP contribution in [0.4, 0.5) is 0 Å². The number of rotatable bonds is 8. The number of carbonyl (C=O) groups excluding carboxylic acids is 1. The fraction of sp³-hybridized carbons (Fsp3) is 0.944. The first kappa shape index (κ1) is 20.8. The minimum atomic E-state index is -1.37. The van der Waals surface area contributed by atoms with Crippen molar-refractivity contribution < 1.29 is 28.5 Å². The van der Waals surface area contributed by atoms with Gasteiger partial charge in [-0.3, -0.25) is 0 Å². The first-order valence-corrected chi connectivity index (χ1v) is 13.0. The first-order valence-electron chi connectivity index (χ1n) is 9.34. The molecule has 1 saturated heterocycles. The largest absolute Gasteiger partial charge is 0.467 e. The van der Waals surface area contributed by atoms with Crippen molar-refractivity contribution in [1.29, 1.82) is 0 Å². The SMILES string of the molecule is CCC1OC2(CCCC2)OC1(C(=O)OC)C(OC)OCC[Si](C)(C)C. The maximum absolute atomic E-state index is 12.8. The van der Waals surface area contributed by atoms with E-state index < -0.39 is 37.8 Å². The number of carbonyl (C=O) groups is 1. The van der Waals surface area contributed by atoms with E-state index in [1.54, 1.807) is 7.11 Å². The predicted octanol–water partition coefficient (Wildman–Crippen LogP) is 3.32. The summed E-state index contributed by atoms with van der Waals surface area (Å²) in [6.45, 7) is 9.36. The number of esters is 1. The van der Waals surface area contributed by atoms with Gasteiger partial charge in [-0.05, 0) is 25.3 Å². The molecular formula is C18H34O6Si. The fourth-order valence-corrected chi connectivity index (χ4v) is 4.46. The Bertz CT molecular complexity index is 457. The third-order valence-electron chi connectivity index (χ3n) is 5.12. The molecule has 2 aliphatic rings. The standard InChI is InChI=1S/C18H34O6Si/c1-7-14-18(15(19)20-2,24-17(23-14)10-8-9-11-17)16(21-3)22-12-13-25(4,5)6/h14,16H,7-13H2,1-6H3. The summed E-state index contributed by atoms with van der Waals surface area (Å²) in [5.74, 6) is -1.20. The zero-order valence-corrected chi connectivity index (χ0v) is 17.6. The van der Waals surface area contributed by atoms with Crippen molar-refractivity contribution in [2.24, 2.45) is 0 Å². The highest BCUT2D eigenvalue weighted by atomic mass is 28.3. The van der Waals surface area contributed by atoms with E-state index in [1.165, 1.54) is 7.11 Å². The summed E-state index contributed by atoms with van der Waals surface area (Å²) < 4.78 is 29.3. The van der Waals surface area contributed by atoms with Crippen LogP contribution >= 0.6 is 0 Å². The summed E-state index contributed by atoms with van der Waals surface area (Å²) in [6.07, 6.45) is 2.95. The Kier molecular flexibility index (Phi) is 6.70. The van der Waals surface area contributed by atoms with Crippen molar-refractivity contribution >= 4 is 14.0 Å². The van der Waals surface area contributed by atoms with Gasteiger partial charge in [0.25, 0.3) is 0 Å². The number of hydrogen-bond acceptors (Lipinski definition) is 6. The van der Waals surface area contributed by atoms with Crippen molar-refractivity contribution in [3.8, 4) is 0 Å². The van der Waals surface area contributed by atoms with Gasteiger partial charge in [-0.25, -0.2) is 4.79 Å². The molecular weight excluding hydrogens is 340 g/mol. The fourth-order valence-electron chi connectivity index (χ4n) is 3.73. The Morgan fingerprint density at radius 2 is 1.88 bits per heavy atom. The number of ether oxygens (including phenoxy) is 5. The van der Waals surface area contributed by atoms with Gasteiger partial charge in [-0.2, -0.15) is 0 Å². The zero-order valence-electron chi connectivity index (χ0n) is 16.6. The van der Waals surface area contributed by atoms with Crippen LogP contribution in [-0.4, -0.2) is 58.7 Å². The topological polar surface area (TPSA) is 63.2 Å². The van der Waals surface area contributed by atoms with Crippen molar-refractivity contribution in [3.63, 3.8) is 0 Å². The third kappa shape index (κ3) is 4.27. The van der Waals surface area contributed by atoms with E-state index in [0.29, 0.717) is 13.0 Å². The van der Waals surface area contributed by atoms with Crippen LogP contribution in [0.2, 0.25) is 25.7 Å². The summed E-state index contributed by atoms with van der Waals surface area (Å²) >= 11 is 0. The van der Waals surface area contributed by atoms with E-state index in [4.69, 9.17) is 23.7 Å². The molecule has 3 unspecified atom stereocenters. The number of hydrogen-bond donors (Lipinski definition) is 0. The smallest absolute Gasteiger partial charge is 0.346 e. The molecule has 0 bridgehead atoms. The van der Waals surface area contributed by atoms with Crippen LogP contribution in [0.15, 0.2) is 0 Å². The second-order valence-corrected chi connectivity index (χ2v) is 13.9. The van der Waals surface area contributed by atoms with Crippen molar-refractivity contribution in [2.75, 3.05) is 20.8 Å². The minimum Gasteiger partial charge on any atom is -0.467 e. The zero-order chi connectivity index (χ0) is 18.7. The second kappa shape index (κ2) is 8.04. The van der Waals surface area contributed by atoms with Crippen LogP contribution in [0.1, 0.15) is 39.0 Å². The van der Waals surface area contributed by atoms with Gasteiger partial charge >= 0.3 is 5.97 Å². The van der Waals surface area contributed by atoms with Crippen LogP contribution < -0.4 is 0 Å². The molecule has 2 fully saturated rings. The van der Waals surface area contributed by atoms with Crippen molar-refractivity contribution in [3.05, 3.63) is 0 Å². The molecule has 0 radical (unpaired) electrons. The van der Waals surface area contributed by atoms with Crippen LogP contribution in [0.3, 0.4) is 0 Å². The molecule has 1 spiro atoms. The van der Waals surface area contributed by atoms with Crippen LogP contribution in [0.5, 0.6) is 0 Å². The normalized spacial score (nSPS) is 29.9. The molecule has 0 amide bonds. The van der Waals surface area contributed by atoms with E-state index in [9.17, 15) is 4.79 Å². The third-order valence-corrected chi connectivity index (χ3v) is 6.82. The molecule has 3 atom stereocenters. The Hall–Kier alpha value is -0.473. The van der Waals surface area contributed by atoms with E-state index in [-0.39, 0.29) is 0 Å². The molecule has 146 valence electrons. The van der Waals surface area contributed by atoms with Gasteiger partial charge in [-0.1, -0.05) is 26.6 Å². The summed E-state index contributed by atoms with van der Waals surface area (Å²) in [5.41, 5.74) is -1.37. The van der Waals surface area contributed by atoms with Gasteiger partial charge in [0.05, 0.1) is 7.11 Å². The predicted molar refractivity (Wildman–Crippen MR) is 97.1 cm³/mol. The molecule has 1 aliphatic carbocycles. The van der Waals surface area contributed by atoms with Gasteiger partial charge in [0.15, 0.2) is 12.1 Å². The highest BCUT2D eigenvalue weighted by molar-refractivity contribution is 6.76. The van der Waals surface area contributed by atoms with E-state index in [2.05, 4.69) is 19.6 Å². The van der Waals surface area contributed by atoms with E-state index in [0.717, 1.165) is 31.7 Å². The van der Waals surface area contributed by atoms with Crippen molar-refractivity contribution in [2.45, 2.75) is 88.5 Å². The molecule has 0 N–H and O–H groups in total. The molecule has 7 heteroatoms. The Morgan fingerprint density at radius 3 is 2.36 bits per heavy atom. The van der Waals surface area contributed by atoms with E-state index in [1.807, 2.05) is 6.92 Å². The molecule has 1 saturated carbocycles. The van der Waals surface area contributed by atoms with Crippen molar-refractivity contribution in [1.82, 2.24) is 0 Å². The molecule has 25 heavy (non-hydrogen) atoms. The van der Waals surface area contributed by atoms with E-state index >= 15 is 0 Å². The monoisotopic (exact) mass is 374 g/mol. The molecule has 1 aliphatic heterocycles. The molecule has 6 nitrogen and oxygen atoms in total. The summed E-state index contributed by atoms with van der Waals surface area (Å²) in [6, 6.07) is 0.979. The average molecular weight is 375 g/mol. The molecule has 0 aromatic rings. The summed E-state index contributed by atoms with van der Waals surface area (Å²) in [7, 11) is 1.65. The minimum absolute atomic E-state index is 0.449. The van der Waals surface area contributed by atoms with Crippen LogP contribution in [0, 0.1) is 0 Å². The summed E-state index contributed by atoms with van der Waals surface area (Å²) in [5, 5.41) is 0. The van der Waals surface area contributed by atoms with Gasteiger partial charge in [-0.15, -0.1) is 0 Å². The Morgan fingerprint density at radius 1 is 1.24 bits per heavy atom. The lowest BCUT2D eigenvalue weighted by Crippen LogP contribution is -2.59. The molecule has 2 rings (SSSR count). The molecule has 0 aromatic carbocycles. The summed E-state index contributed by atoms with van der Waals surface area (Å²) in [4.78, 5) is 12.8.